The summed E-state index contributed by atoms with van der Waals surface area (Å²) in [5.74, 6) is 1.78. The van der Waals surface area contributed by atoms with E-state index in [9.17, 15) is 4.79 Å². The highest BCUT2D eigenvalue weighted by atomic mass is 16.5. The van der Waals surface area contributed by atoms with Crippen LogP contribution in [0.4, 0.5) is 5.69 Å². The van der Waals surface area contributed by atoms with Crippen LogP contribution in [0, 0.1) is 0 Å². The minimum Gasteiger partial charge on any atom is -0.496 e. The van der Waals surface area contributed by atoms with E-state index in [4.69, 9.17) is 9.47 Å². The average molecular weight is 432 g/mol. The molecule has 1 N–H and O–H groups in total. The van der Waals surface area contributed by atoms with Crippen LogP contribution in [0.15, 0.2) is 60.7 Å². The maximum Gasteiger partial charge on any atom is 0.255 e. The molecule has 168 valence electrons. The van der Waals surface area contributed by atoms with Crippen molar-refractivity contribution in [2.75, 3.05) is 12.4 Å². The van der Waals surface area contributed by atoms with Gasteiger partial charge in [0.15, 0.2) is 0 Å². The van der Waals surface area contributed by atoms with Gasteiger partial charge in [0.05, 0.1) is 7.11 Å². The number of rotatable bonds is 9. The highest BCUT2D eigenvalue weighted by Gasteiger charge is 2.15. The van der Waals surface area contributed by atoms with Gasteiger partial charge in [-0.2, -0.15) is 0 Å². The fraction of sp³-hybridized carbons (Fsp3) is 0.321. The molecule has 0 aliphatic rings. The van der Waals surface area contributed by atoms with Crippen molar-refractivity contribution in [2.24, 2.45) is 0 Å². The Balaban J connectivity index is 1.85. The van der Waals surface area contributed by atoms with Gasteiger partial charge in [0.2, 0.25) is 0 Å². The van der Waals surface area contributed by atoms with Gasteiger partial charge < -0.3 is 14.8 Å². The normalized spacial score (nSPS) is 10.8. The molecule has 32 heavy (non-hydrogen) atoms. The Morgan fingerprint density at radius 1 is 0.875 bits per heavy atom. The first kappa shape index (κ1) is 23.4. The minimum atomic E-state index is -0.132. The van der Waals surface area contributed by atoms with Crippen LogP contribution >= 0.6 is 0 Å². The fourth-order valence-electron chi connectivity index (χ4n) is 3.87. The van der Waals surface area contributed by atoms with Crippen molar-refractivity contribution in [1.82, 2.24) is 0 Å². The molecule has 0 aliphatic carbocycles. The van der Waals surface area contributed by atoms with Crippen molar-refractivity contribution in [3.63, 3.8) is 0 Å². The van der Waals surface area contributed by atoms with E-state index in [0.29, 0.717) is 23.8 Å². The van der Waals surface area contributed by atoms with Crippen LogP contribution in [0.2, 0.25) is 0 Å². The van der Waals surface area contributed by atoms with E-state index >= 15 is 0 Å². The number of anilines is 1. The van der Waals surface area contributed by atoms with Crippen molar-refractivity contribution in [2.45, 2.75) is 53.1 Å². The zero-order chi connectivity index (χ0) is 23.1. The molecule has 4 heteroatoms. The predicted molar refractivity (Wildman–Crippen MR) is 131 cm³/mol. The summed E-state index contributed by atoms with van der Waals surface area (Å²) in [7, 11) is 1.63. The number of hydrogen-bond acceptors (Lipinski definition) is 3. The number of nitrogens with one attached hydrogen (secondary N) is 1. The van der Waals surface area contributed by atoms with E-state index in [1.165, 1.54) is 0 Å². The Kier molecular flexibility index (Phi) is 7.93. The predicted octanol–water partition coefficient (Wildman–Crippen LogP) is 6.77. The number of aryl methyl sites for hydroxylation is 2. The van der Waals surface area contributed by atoms with Crippen LogP contribution < -0.4 is 14.8 Å². The lowest BCUT2D eigenvalue weighted by Crippen LogP contribution is -2.15. The van der Waals surface area contributed by atoms with Crippen LogP contribution in [0.25, 0.3) is 0 Å². The van der Waals surface area contributed by atoms with E-state index in [1.54, 1.807) is 13.2 Å². The molecule has 0 atom stereocenters. The summed E-state index contributed by atoms with van der Waals surface area (Å²) in [5.41, 5.74) is 5.76. The molecule has 4 nitrogen and oxygen atoms in total. The molecule has 3 rings (SSSR count). The number of ether oxygens (including phenoxy) is 2. The lowest BCUT2D eigenvalue weighted by Gasteiger charge is -2.17. The van der Waals surface area contributed by atoms with E-state index in [-0.39, 0.29) is 5.91 Å². The smallest absolute Gasteiger partial charge is 0.255 e. The van der Waals surface area contributed by atoms with E-state index in [1.807, 2.05) is 36.4 Å². The van der Waals surface area contributed by atoms with Gasteiger partial charge in [0.25, 0.3) is 5.91 Å². The molecule has 3 aromatic rings. The second-order valence-corrected chi connectivity index (χ2v) is 8.12. The highest BCUT2D eigenvalue weighted by Crippen LogP contribution is 2.29. The Hall–Kier alpha value is -3.27. The first-order valence-corrected chi connectivity index (χ1v) is 11.3. The first-order valence-electron chi connectivity index (χ1n) is 11.3. The lowest BCUT2D eigenvalue weighted by molar-refractivity contribution is 0.102. The topological polar surface area (TPSA) is 47.6 Å². The number of carbonyl (C=O) groups is 1. The quantitative estimate of drug-likeness (QED) is 0.406. The van der Waals surface area contributed by atoms with Gasteiger partial charge in [0, 0.05) is 16.8 Å². The average Bonchev–Trinajstić information content (AvgIpc) is 2.82. The third kappa shape index (κ3) is 5.31. The summed E-state index contributed by atoms with van der Waals surface area (Å²) < 4.78 is 11.7. The Morgan fingerprint density at radius 2 is 1.56 bits per heavy atom. The van der Waals surface area contributed by atoms with Crippen molar-refractivity contribution in [1.29, 1.82) is 0 Å². The molecule has 0 spiro atoms. The molecular weight excluding hydrogens is 398 g/mol. The summed E-state index contributed by atoms with van der Waals surface area (Å²) in [6.45, 7) is 8.81. The summed E-state index contributed by atoms with van der Waals surface area (Å²) in [6.07, 6.45) is 1.72. The van der Waals surface area contributed by atoms with Crippen LogP contribution in [0.1, 0.15) is 66.2 Å². The van der Waals surface area contributed by atoms with Crippen LogP contribution in [0.5, 0.6) is 11.5 Å². The van der Waals surface area contributed by atoms with Gasteiger partial charge in [-0.05, 0) is 59.7 Å². The third-order valence-corrected chi connectivity index (χ3v) is 5.70. The van der Waals surface area contributed by atoms with Crippen molar-refractivity contribution < 1.29 is 14.3 Å². The number of methoxy groups -OCH3 is 1. The maximum atomic E-state index is 13.1. The van der Waals surface area contributed by atoms with Gasteiger partial charge in [-0.25, -0.2) is 0 Å². The van der Waals surface area contributed by atoms with Crippen molar-refractivity contribution >= 4 is 11.6 Å². The monoisotopic (exact) mass is 431 g/mol. The molecule has 1 amide bonds. The zero-order valence-electron chi connectivity index (χ0n) is 19.7. The molecule has 0 aliphatic heterocycles. The van der Waals surface area contributed by atoms with Crippen LogP contribution in [0.3, 0.4) is 0 Å². The van der Waals surface area contributed by atoms with Crippen LogP contribution in [-0.4, -0.2) is 13.0 Å². The number of carbonyl (C=O) groups excluding carboxylic acids is 1. The van der Waals surface area contributed by atoms with Gasteiger partial charge in [-0.3, -0.25) is 4.79 Å². The second-order valence-electron chi connectivity index (χ2n) is 8.12. The largest absolute Gasteiger partial charge is 0.496 e. The van der Waals surface area contributed by atoms with Gasteiger partial charge in [-0.15, -0.1) is 0 Å². The molecule has 0 unspecified atom stereocenters. The van der Waals surface area contributed by atoms with Crippen molar-refractivity contribution in [3.8, 4) is 11.5 Å². The van der Waals surface area contributed by atoms with E-state index < -0.39 is 0 Å². The molecule has 0 saturated carbocycles. The van der Waals surface area contributed by atoms with Gasteiger partial charge >= 0.3 is 0 Å². The van der Waals surface area contributed by atoms with Gasteiger partial charge in [-0.1, -0.05) is 64.1 Å². The van der Waals surface area contributed by atoms with E-state index in [0.717, 1.165) is 46.5 Å². The van der Waals surface area contributed by atoms with Crippen LogP contribution in [-0.2, 0) is 19.4 Å². The number of hydrogen-bond donors (Lipinski definition) is 1. The molecule has 0 heterocycles. The summed E-state index contributed by atoms with van der Waals surface area (Å²) >= 11 is 0. The fourth-order valence-corrected chi connectivity index (χ4v) is 3.87. The molecule has 0 aromatic heterocycles. The van der Waals surface area contributed by atoms with Crippen molar-refractivity contribution in [3.05, 3.63) is 88.5 Å². The molecule has 0 bridgehead atoms. The minimum absolute atomic E-state index is 0.132. The zero-order valence-corrected chi connectivity index (χ0v) is 19.7. The standard InChI is InChI=1S/C28H33NO3/c1-6-20-11-10-12-21(7-2)27(20)29-28(30)22-15-16-25(31-5)23(17-22)18-32-26-14-9-8-13-24(26)19(3)4/h8-17,19H,6-7,18H2,1-5H3,(H,29,30). The lowest BCUT2D eigenvalue weighted by atomic mass is 10.0. The first-order chi connectivity index (χ1) is 15.5. The van der Waals surface area contributed by atoms with Gasteiger partial charge in [0.1, 0.15) is 18.1 Å². The number of amides is 1. The molecular formula is C28H33NO3. The Morgan fingerprint density at radius 3 is 2.19 bits per heavy atom. The maximum absolute atomic E-state index is 13.1. The number of para-hydroxylation sites is 2. The highest BCUT2D eigenvalue weighted by molar-refractivity contribution is 6.05. The second kappa shape index (κ2) is 10.9. The summed E-state index contributed by atoms with van der Waals surface area (Å²) in [4.78, 5) is 13.1. The Labute approximate surface area is 191 Å². The molecule has 0 saturated heterocycles. The Bertz CT molecular complexity index is 1050. The summed E-state index contributed by atoms with van der Waals surface area (Å²) in [5, 5.41) is 3.14. The third-order valence-electron chi connectivity index (χ3n) is 5.70. The molecule has 3 aromatic carbocycles. The van der Waals surface area contributed by atoms with E-state index in [2.05, 4.69) is 51.2 Å². The molecule has 0 fully saturated rings. The summed E-state index contributed by atoms with van der Waals surface area (Å²) in [6, 6.07) is 19.7. The number of benzene rings is 3. The molecule has 0 radical (unpaired) electrons. The SMILES string of the molecule is CCc1cccc(CC)c1NC(=O)c1ccc(OC)c(COc2ccccc2C(C)C)c1.